The first-order valence-electron chi connectivity index (χ1n) is 4.41. The number of methoxy groups -OCH3 is 1. The van der Waals surface area contributed by atoms with E-state index < -0.39 is 18.0 Å². The zero-order chi connectivity index (χ0) is 13.0. The third kappa shape index (κ3) is 2.77. The number of alkyl halides is 3. The predicted octanol–water partition coefficient (Wildman–Crippen LogP) is 2.57. The lowest BCUT2D eigenvalue weighted by molar-refractivity contribution is 0.0592. The van der Waals surface area contributed by atoms with Crippen LogP contribution >= 0.6 is 15.9 Å². The van der Waals surface area contributed by atoms with Crippen molar-refractivity contribution in [1.29, 1.82) is 5.26 Å². The minimum Gasteiger partial charge on any atom is -0.464 e. The molecule has 0 saturated carbocycles. The Kier molecular flexibility index (Phi) is 4.52. The molecular weight excluding hydrogens is 298 g/mol. The van der Waals surface area contributed by atoms with Crippen LogP contribution in [0.4, 0.5) is 8.78 Å². The summed E-state index contributed by atoms with van der Waals surface area (Å²) in [5.41, 5.74) is -0.871. The number of hydrogen-bond acceptors (Lipinski definition) is 4. The maximum Gasteiger partial charge on any atom is 0.357 e. The molecule has 17 heavy (non-hydrogen) atoms. The van der Waals surface area contributed by atoms with Gasteiger partial charge in [0.15, 0.2) is 5.69 Å². The smallest absolute Gasteiger partial charge is 0.357 e. The van der Waals surface area contributed by atoms with Crippen LogP contribution in [0.1, 0.15) is 33.7 Å². The van der Waals surface area contributed by atoms with Crippen LogP contribution in [0.5, 0.6) is 0 Å². The Morgan fingerprint density at radius 1 is 1.71 bits per heavy atom. The maximum absolute atomic E-state index is 12.8. The van der Waals surface area contributed by atoms with E-state index in [1.165, 1.54) is 0 Å². The molecule has 0 aliphatic rings. The summed E-state index contributed by atoms with van der Waals surface area (Å²) in [4.78, 5) is 15.1. The molecule has 1 rings (SSSR count). The van der Waals surface area contributed by atoms with E-state index in [0.29, 0.717) is 0 Å². The molecule has 0 bridgehead atoms. The van der Waals surface area contributed by atoms with Crippen LogP contribution in [-0.4, -0.2) is 18.1 Å². The average Bonchev–Trinajstić information content (AvgIpc) is 2.35. The van der Waals surface area contributed by atoms with Crippen LogP contribution < -0.4 is 0 Å². The lowest BCUT2D eigenvalue weighted by Crippen LogP contribution is -2.12. The summed E-state index contributed by atoms with van der Waals surface area (Å²) in [5.74, 6) is -0.849. The maximum atomic E-state index is 12.8. The fourth-order valence-corrected chi connectivity index (χ4v) is 1.84. The van der Waals surface area contributed by atoms with E-state index in [1.807, 2.05) is 0 Å². The monoisotopic (exact) mass is 304 g/mol. The van der Waals surface area contributed by atoms with Crippen LogP contribution in [-0.2, 0) is 10.1 Å². The third-order valence-electron chi connectivity index (χ3n) is 2.02. The SMILES string of the molecule is COC(=O)c1nc(C#N)cc(C(F)F)c1CBr. The molecule has 0 aromatic carbocycles. The second-order valence-electron chi connectivity index (χ2n) is 2.96. The van der Waals surface area contributed by atoms with Gasteiger partial charge in [-0.3, -0.25) is 0 Å². The van der Waals surface area contributed by atoms with E-state index in [2.05, 4.69) is 25.7 Å². The van der Waals surface area contributed by atoms with Crippen molar-refractivity contribution in [3.8, 4) is 6.07 Å². The molecule has 4 nitrogen and oxygen atoms in total. The van der Waals surface area contributed by atoms with Gasteiger partial charge in [-0.1, -0.05) is 15.9 Å². The van der Waals surface area contributed by atoms with Gasteiger partial charge < -0.3 is 4.74 Å². The molecule has 1 aromatic rings. The molecule has 90 valence electrons. The van der Waals surface area contributed by atoms with Gasteiger partial charge in [0.2, 0.25) is 0 Å². The molecule has 0 radical (unpaired) electrons. The Morgan fingerprint density at radius 3 is 2.76 bits per heavy atom. The highest BCUT2D eigenvalue weighted by Gasteiger charge is 2.22. The first-order valence-corrected chi connectivity index (χ1v) is 5.53. The largest absolute Gasteiger partial charge is 0.464 e. The molecule has 1 heterocycles. The van der Waals surface area contributed by atoms with Crippen molar-refractivity contribution >= 4 is 21.9 Å². The number of esters is 1. The van der Waals surface area contributed by atoms with Crippen molar-refractivity contribution in [3.63, 3.8) is 0 Å². The van der Waals surface area contributed by atoms with Gasteiger partial charge in [-0.05, 0) is 6.07 Å². The number of carbonyl (C=O) groups excluding carboxylic acids is 1. The summed E-state index contributed by atoms with van der Waals surface area (Å²) in [6.07, 6.45) is -2.79. The van der Waals surface area contributed by atoms with Gasteiger partial charge >= 0.3 is 5.97 Å². The summed E-state index contributed by atoms with van der Waals surface area (Å²) in [5, 5.41) is 8.69. The quantitative estimate of drug-likeness (QED) is 0.636. The van der Waals surface area contributed by atoms with Gasteiger partial charge in [-0.2, -0.15) is 5.26 Å². The lowest BCUT2D eigenvalue weighted by atomic mass is 10.1. The number of halogens is 3. The molecule has 0 unspecified atom stereocenters. The van der Waals surface area contributed by atoms with Crippen LogP contribution in [0.2, 0.25) is 0 Å². The number of aromatic nitrogens is 1. The number of hydrogen-bond donors (Lipinski definition) is 0. The van der Waals surface area contributed by atoms with Crippen LogP contribution in [0.25, 0.3) is 0 Å². The summed E-state index contributed by atoms with van der Waals surface area (Å²) >= 11 is 3.01. The van der Waals surface area contributed by atoms with Gasteiger partial charge in [0, 0.05) is 16.5 Å². The molecule has 1 aromatic heterocycles. The molecule has 0 atom stereocenters. The zero-order valence-corrected chi connectivity index (χ0v) is 10.3. The van der Waals surface area contributed by atoms with Gasteiger partial charge in [0.1, 0.15) is 11.8 Å². The molecule has 7 heteroatoms. The van der Waals surface area contributed by atoms with Crippen molar-refractivity contribution < 1.29 is 18.3 Å². The van der Waals surface area contributed by atoms with Gasteiger partial charge in [-0.25, -0.2) is 18.6 Å². The number of ether oxygens (including phenoxy) is 1. The van der Waals surface area contributed by atoms with Crippen molar-refractivity contribution in [2.75, 3.05) is 7.11 Å². The van der Waals surface area contributed by atoms with Crippen molar-refractivity contribution in [2.45, 2.75) is 11.8 Å². The van der Waals surface area contributed by atoms with E-state index in [1.54, 1.807) is 6.07 Å². The molecule has 0 N–H and O–H groups in total. The fourth-order valence-electron chi connectivity index (χ4n) is 1.25. The van der Waals surface area contributed by atoms with Crippen LogP contribution in [0, 0.1) is 11.3 Å². The van der Waals surface area contributed by atoms with E-state index in [9.17, 15) is 13.6 Å². The van der Waals surface area contributed by atoms with Crippen LogP contribution in [0.3, 0.4) is 0 Å². The standard InChI is InChI=1S/C10H7BrF2N2O2/c1-17-10(16)8-7(3-11)6(9(12)13)2-5(4-14)15-8/h2,9H,3H2,1H3. The zero-order valence-electron chi connectivity index (χ0n) is 8.71. The number of nitrogens with zero attached hydrogens (tertiary/aromatic N) is 2. The summed E-state index contributed by atoms with van der Waals surface area (Å²) < 4.78 is 30.0. The summed E-state index contributed by atoms with van der Waals surface area (Å²) in [6.45, 7) is 0. The number of pyridine rings is 1. The Labute approximate surface area is 104 Å². The summed E-state index contributed by atoms with van der Waals surface area (Å²) in [7, 11) is 1.11. The minimum atomic E-state index is -2.79. The molecule has 0 amide bonds. The molecular formula is C10H7BrF2N2O2. The lowest BCUT2D eigenvalue weighted by Gasteiger charge is -2.10. The summed E-state index contributed by atoms with van der Waals surface area (Å²) in [6, 6.07) is 2.59. The van der Waals surface area contributed by atoms with Crippen LogP contribution in [0.15, 0.2) is 6.07 Å². The first kappa shape index (κ1) is 13.5. The second kappa shape index (κ2) is 5.68. The van der Waals surface area contributed by atoms with E-state index in [0.717, 1.165) is 13.2 Å². The topological polar surface area (TPSA) is 63.0 Å². The normalized spacial score (nSPS) is 10.1. The fraction of sp³-hybridized carbons (Fsp3) is 0.300. The minimum absolute atomic E-state index is 0.0236. The van der Waals surface area contributed by atoms with Crippen molar-refractivity contribution in [1.82, 2.24) is 4.98 Å². The highest BCUT2D eigenvalue weighted by Crippen LogP contribution is 2.27. The number of rotatable bonds is 3. The molecule has 0 aliphatic carbocycles. The second-order valence-corrected chi connectivity index (χ2v) is 3.52. The van der Waals surface area contributed by atoms with E-state index >= 15 is 0 Å². The average molecular weight is 305 g/mol. The van der Waals surface area contributed by atoms with Gasteiger partial charge in [-0.15, -0.1) is 0 Å². The van der Waals surface area contributed by atoms with Gasteiger partial charge in [0.25, 0.3) is 6.43 Å². The highest BCUT2D eigenvalue weighted by atomic mass is 79.9. The van der Waals surface area contributed by atoms with Crippen molar-refractivity contribution in [2.24, 2.45) is 0 Å². The van der Waals surface area contributed by atoms with Gasteiger partial charge in [0.05, 0.1) is 7.11 Å². The van der Waals surface area contributed by atoms with E-state index in [-0.39, 0.29) is 22.3 Å². The molecule has 0 saturated heterocycles. The highest BCUT2D eigenvalue weighted by molar-refractivity contribution is 9.08. The molecule has 0 aliphatic heterocycles. The Morgan fingerprint density at radius 2 is 2.35 bits per heavy atom. The Balaban J connectivity index is 3.51. The molecule has 0 fully saturated rings. The van der Waals surface area contributed by atoms with Crippen molar-refractivity contribution in [3.05, 3.63) is 28.6 Å². The Bertz CT molecular complexity index is 486. The third-order valence-corrected chi connectivity index (χ3v) is 2.58. The van der Waals surface area contributed by atoms with E-state index in [4.69, 9.17) is 5.26 Å². The Hall–Kier alpha value is -1.55. The predicted molar refractivity (Wildman–Crippen MR) is 57.9 cm³/mol. The first-order chi connectivity index (χ1) is 8.04. The number of carbonyl (C=O) groups is 1. The number of nitriles is 1. The molecule has 0 spiro atoms.